The van der Waals surface area contributed by atoms with Gasteiger partial charge in [-0.3, -0.25) is 14.4 Å². The van der Waals surface area contributed by atoms with Crippen molar-refractivity contribution in [3.63, 3.8) is 0 Å². The molecule has 338 valence electrons. The van der Waals surface area contributed by atoms with Gasteiger partial charge in [-0.15, -0.1) is 0 Å². The third kappa shape index (κ3) is 43.8. The van der Waals surface area contributed by atoms with E-state index in [1.807, 2.05) is 0 Å². The van der Waals surface area contributed by atoms with Gasteiger partial charge in [0.15, 0.2) is 6.10 Å². The second kappa shape index (κ2) is 44.0. The zero-order valence-electron chi connectivity index (χ0n) is 39.0. The maximum Gasteiger partial charge on any atom is 0.306 e. The SMILES string of the molecule is CCCCCCCCCCCCCCC(=O)O[C@H](COC(=O)CCCCCCCCCCCCCCC(C)C)COC(=O)CCCCCCCCCCC(C)CC. The first kappa shape index (κ1) is 55.4. The molecule has 0 saturated heterocycles. The Hall–Kier alpha value is -1.59. The van der Waals surface area contributed by atoms with Gasteiger partial charge >= 0.3 is 17.9 Å². The molecule has 0 radical (unpaired) electrons. The average Bonchev–Trinajstić information content (AvgIpc) is 3.19. The highest BCUT2D eigenvalue weighted by atomic mass is 16.6. The Morgan fingerprint density at radius 1 is 0.368 bits per heavy atom. The highest BCUT2D eigenvalue weighted by Gasteiger charge is 2.19. The molecule has 0 rings (SSSR count). The van der Waals surface area contributed by atoms with Gasteiger partial charge in [0.05, 0.1) is 0 Å². The van der Waals surface area contributed by atoms with Gasteiger partial charge in [-0.05, 0) is 31.1 Å². The lowest BCUT2D eigenvalue weighted by molar-refractivity contribution is -0.167. The molecule has 57 heavy (non-hydrogen) atoms. The van der Waals surface area contributed by atoms with Crippen LogP contribution in [0.2, 0.25) is 0 Å². The van der Waals surface area contributed by atoms with E-state index in [0.717, 1.165) is 69.6 Å². The van der Waals surface area contributed by atoms with E-state index >= 15 is 0 Å². The molecule has 0 N–H and O–H groups in total. The van der Waals surface area contributed by atoms with E-state index in [1.165, 1.54) is 167 Å². The topological polar surface area (TPSA) is 78.9 Å². The van der Waals surface area contributed by atoms with Crippen LogP contribution in [0.4, 0.5) is 0 Å². The average molecular weight is 807 g/mol. The van der Waals surface area contributed by atoms with Crippen molar-refractivity contribution >= 4 is 17.9 Å². The molecule has 0 aliphatic rings. The lowest BCUT2D eigenvalue weighted by Crippen LogP contribution is -2.30. The second-order valence-corrected chi connectivity index (χ2v) is 18.2. The fraction of sp³-hybridized carbons (Fsp3) is 0.941. The molecule has 1 unspecified atom stereocenters. The van der Waals surface area contributed by atoms with Gasteiger partial charge in [0, 0.05) is 19.3 Å². The minimum atomic E-state index is -0.761. The predicted molar refractivity (Wildman–Crippen MR) is 243 cm³/mol. The molecule has 0 saturated carbocycles. The number of ether oxygens (including phenoxy) is 3. The van der Waals surface area contributed by atoms with Crippen molar-refractivity contribution in [1.82, 2.24) is 0 Å². The van der Waals surface area contributed by atoms with Crippen molar-refractivity contribution in [3.8, 4) is 0 Å². The smallest absolute Gasteiger partial charge is 0.306 e. The highest BCUT2D eigenvalue weighted by Crippen LogP contribution is 2.17. The van der Waals surface area contributed by atoms with E-state index in [2.05, 4.69) is 34.6 Å². The van der Waals surface area contributed by atoms with Crippen molar-refractivity contribution in [1.29, 1.82) is 0 Å². The summed E-state index contributed by atoms with van der Waals surface area (Å²) in [7, 11) is 0. The van der Waals surface area contributed by atoms with Crippen LogP contribution in [-0.4, -0.2) is 37.2 Å². The van der Waals surface area contributed by atoms with Crippen LogP contribution in [0.15, 0.2) is 0 Å². The fourth-order valence-electron chi connectivity index (χ4n) is 7.60. The quantitative estimate of drug-likeness (QED) is 0.0346. The number of carbonyl (C=O) groups excluding carboxylic acids is 3. The number of unbranched alkanes of at least 4 members (excludes halogenated alkanes) is 29. The van der Waals surface area contributed by atoms with Gasteiger partial charge in [-0.25, -0.2) is 0 Å². The second-order valence-electron chi connectivity index (χ2n) is 18.2. The van der Waals surface area contributed by atoms with E-state index in [0.29, 0.717) is 19.3 Å². The molecular formula is C51H98O6. The van der Waals surface area contributed by atoms with Crippen LogP contribution in [0.1, 0.15) is 279 Å². The molecule has 0 spiro atoms. The molecule has 6 heteroatoms. The van der Waals surface area contributed by atoms with E-state index in [1.54, 1.807) is 0 Å². The molecule has 0 bridgehead atoms. The maximum absolute atomic E-state index is 12.7. The van der Waals surface area contributed by atoms with Gasteiger partial charge in [0.1, 0.15) is 13.2 Å². The third-order valence-electron chi connectivity index (χ3n) is 11.8. The molecule has 0 aromatic rings. The van der Waals surface area contributed by atoms with Crippen molar-refractivity contribution in [2.75, 3.05) is 13.2 Å². The standard InChI is InChI=1S/C51H98O6/c1-6-8-9-10-11-12-13-17-21-28-33-38-43-51(54)57-48(45-56-50(53)42-37-32-27-23-22-25-30-35-40-47(5)7-2)44-55-49(52)41-36-31-26-20-18-15-14-16-19-24-29-34-39-46(3)4/h46-48H,6-45H2,1-5H3/t47?,48-/m1/s1. The predicted octanol–water partition coefficient (Wildman–Crippen LogP) is 16.1. The number of rotatable bonds is 45. The van der Waals surface area contributed by atoms with Crippen molar-refractivity contribution in [2.45, 2.75) is 285 Å². The normalized spacial score (nSPS) is 12.5. The summed E-state index contributed by atoms with van der Waals surface area (Å²) >= 11 is 0. The number of esters is 3. The third-order valence-corrected chi connectivity index (χ3v) is 11.8. The zero-order valence-corrected chi connectivity index (χ0v) is 39.0. The summed E-state index contributed by atoms with van der Waals surface area (Å²) in [5.74, 6) is 0.831. The van der Waals surface area contributed by atoms with E-state index < -0.39 is 6.10 Å². The first-order chi connectivity index (χ1) is 27.8. The Bertz CT molecular complexity index is 872. The largest absolute Gasteiger partial charge is 0.462 e. The summed E-state index contributed by atoms with van der Waals surface area (Å²) in [6.45, 7) is 11.4. The summed E-state index contributed by atoms with van der Waals surface area (Å²) in [5.41, 5.74) is 0. The van der Waals surface area contributed by atoms with Crippen molar-refractivity contribution < 1.29 is 28.6 Å². The lowest BCUT2D eigenvalue weighted by atomic mass is 9.99. The Labute approximate surface area is 355 Å². The van der Waals surface area contributed by atoms with E-state index in [4.69, 9.17) is 14.2 Å². The number of hydrogen-bond donors (Lipinski definition) is 0. The van der Waals surface area contributed by atoms with Crippen LogP contribution in [0.25, 0.3) is 0 Å². The molecule has 0 aliphatic carbocycles. The van der Waals surface area contributed by atoms with Crippen molar-refractivity contribution in [2.24, 2.45) is 11.8 Å². The Balaban J connectivity index is 4.32. The van der Waals surface area contributed by atoms with Gasteiger partial charge in [0.25, 0.3) is 0 Å². The lowest BCUT2D eigenvalue weighted by Gasteiger charge is -2.18. The van der Waals surface area contributed by atoms with Crippen LogP contribution in [-0.2, 0) is 28.6 Å². The molecule has 0 aromatic heterocycles. The molecule has 0 aliphatic heterocycles. The van der Waals surface area contributed by atoms with Crippen LogP contribution in [0.5, 0.6) is 0 Å². The summed E-state index contributed by atoms with van der Waals surface area (Å²) < 4.78 is 16.8. The van der Waals surface area contributed by atoms with Crippen LogP contribution in [0.3, 0.4) is 0 Å². The van der Waals surface area contributed by atoms with Gasteiger partial charge in [-0.2, -0.15) is 0 Å². The Kier molecular flexibility index (Phi) is 42.7. The highest BCUT2D eigenvalue weighted by molar-refractivity contribution is 5.71. The van der Waals surface area contributed by atoms with Gasteiger partial charge < -0.3 is 14.2 Å². The molecule has 6 nitrogen and oxygen atoms in total. The van der Waals surface area contributed by atoms with E-state index in [9.17, 15) is 14.4 Å². The molecule has 0 heterocycles. The Morgan fingerprint density at radius 2 is 0.667 bits per heavy atom. The molecular weight excluding hydrogens is 709 g/mol. The summed E-state index contributed by atoms with van der Waals surface area (Å²) in [5, 5.41) is 0. The maximum atomic E-state index is 12.7. The molecule has 0 aromatic carbocycles. The Morgan fingerprint density at radius 3 is 1.00 bits per heavy atom. The van der Waals surface area contributed by atoms with E-state index in [-0.39, 0.29) is 31.1 Å². The van der Waals surface area contributed by atoms with Gasteiger partial charge in [0.2, 0.25) is 0 Å². The minimum absolute atomic E-state index is 0.0641. The summed E-state index contributed by atoms with van der Waals surface area (Å²) in [4.78, 5) is 37.9. The van der Waals surface area contributed by atoms with Crippen LogP contribution < -0.4 is 0 Å². The number of carbonyl (C=O) groups is 3. The monoisotopic (exact) mass is 807 g/mol. The summed E-state index contributed by atoms with van der Waals surface area (Å²) in [6, 6.07) is 0. The molecule has 0 fully saturated rings. The summed E-state index contributed by atoms with van der Waals surface area (Å²) in [6.07, 6.45) is 43.6. The first-order valence-electron chi connectivity index (χ1n) is 25.3. The fourth-order valence-corrected chi connectivity index (χ4v) is 7.60. The van der Waals surface area contributed by atoms with Crippen LogP contribution in [0, 0.1) is 11.8 Å². The number of hydrogen-bond acceptors (Lipinski definition) is 6. The van der Waals surface area contributed by atoms with Crippen LogP contribution >= 0.6 is 0 Å². The zero-order chi connectivity index (χ0) is 41.9. The first-order valence-corrected chi connectivity index (χ1v) is 25.3. The molecule has 0 amide bonds. The van der Waals surface area contributed by atoms with Gasteiger partial charge in [-0.1, -0.05) is 240 Å². The molecule has 2 atom stereocenters. The minimum Gasteiger partial charge on any atom is -0.462 e. The van der Waals surface area contributed by atoms with Crippen molar-refractivity contribution in [3.05, 3.63) is 0 Å².